The first-order chi connectivity index (χ1) is 15.4. The fourth-order valence-electron chi connectivity index (χ4n) is 3.65. The molecule has 168 valence electrons. The topological polar surface area (TPSA) is 104 Å². The van der Waals surface area contributed by atoms with E-state index in [1.54, 1.807) is 42.5 Å². The minimum Gasteiger partial charge on any atom is -0.349 e. The maximum absolute atomic E-state index is 12.3. The van der Waals surface area contributed by atoms with E-state index in [-0.39, 0.29) is 28.8 Å². The zero-order chi connectivity index (χ0) is 22.6. The van der Waals surface area contributed by atoms with Gasteiger partial charge in [0.1, 0.15) is 0 Å². The van der Waals surface area contributed by atoms with E-state index in [4.69, 9.17) is 0 Å². The molecule has 2 amide bonds. The fourth-order valence-corrected chi connectivity index (χ4v) is 4.95. The van der Waals surface area contributed by atoms with Crippen molar-refractivity contribution < 1.29 is 18.0 Å². The lowest BCUT2D eigenvalue weighted by atomic mass is 10.1. The summed E-state index contributed by atoms with van der Waals surface area (Å²) in [5.74, 6) is -0.410. The van der Waals surface area contributed by atoms with Gasteiger partial charge in [0.25, 0.3) is 5.91 Å². The minimum absolute atomic E-state index is 0.0546. The molecule has 2 aromatic rings. The van der Waals surface area contributed by atoms with E-state index in [0.29, 0.717) is 16.8 Å². The molecule has 2 saturated carbocycles. The standard InChI is InChI=1S/C24H27N3O4S/c28-23(16-7-17-5-14-22(15-6-17)32(30,31)27-21-12-13-21)25-20-10-8-18(9-11-20)24(29)26-19-3-1-2-4-19/h5-11,14-16,19,21,27H,1-4,12-13H2,(H,25,28)(H,26,29)/b16-7+. The average molecular weight is 454 g/mol. The van der Waals surface area contributed by atoms with Crippen molar-refractivity contribution in [2.45, 2.75) is 55.5 Å². The number of carbonyl (C=O) groups excluding carboxylic acids is 2. The highest BCUT2D eigenvalue weighted by atomic mass is 32.2. The molecule has 8 heteroatoms. The molecule has 0 atom stereocenters. The molecule has 0 spiro atoms. The van der Waals surface area contributed by atoms with Crippen molar-refractivity contribution in [1.82, 2.24) is 10.0 Å². The number of hydrogen-bond donors (Lipinski definition) is 3. The molecule has 0 aromatic heterocycles. The summed E-state index contributed by atoms with van der Waals surface area (Å²) in [6.07, 6.45) is 9.13. The van der Waals surface area contributed by atoms with E-state index in [1.165, 1.54) is 18.2 Å². The normalized spacial score (nSPS) is 16.9. The highest BCUT2D eigenvalue weighted by Gasteiger charge is 2.27. The van der Waals surface area contributed by atoms with Crippen LogP contribution in [0.15, 0.2) is 59.5 Å². The maximum atomic E-state index is 12.3. The van der Waals surface area contributed by atoms with Crippen LogP contribution in [0.4, 0.5) is 5.69 Å². The Morgan fingerprint density at radius 2 is 1.50 bits per heavy atom. The molecule has 0 heterocycles. The molecule has 0 bridgehead atoms. The van der Waals surface area contributed by atoms with E-state index in [2.05, 4.69) is 15.4 Å². The predicted molar refractivity (Wildman–Crippen MR) is 124 cm³/mol. The first kappa shape index (κ1) is 22.2. The van der Waals surface area contributed by atoms with Crippen LogP contribution in [0.2, 0.25) is 0 Å². The largest absolute Gasteiger partial charge is 0.349 e. The average Bonchev–Trinajstić information content (AvgIpc) is 3.43. The lowest BCUT2D eigenvalue weighted by Crippen LogP contribution is -2.32. The third-order valence-electron chi connectivity index (χ3n) is 5.62. The van der Waals surface area contributed by atoms with Gasteiger partial charge in [-0.05, 0) is 73.7 Å². The Hall–Kier alpha value is -2.97. The SMILES string of the molecule is O=C(/C=C/c1ccc(S(=O)(=O)NC2CC2)cc1)Nc1ccc(C(=O)NC2CCCC2)cc1. The maximum Gasteiger partial charge on any atom is 0.251 e. The Morgan fingerprint density at radius 1 is 0.844 bits per heavy atom. The van der Waals surface area contributed by atoms with Crippen molar-refractivity contribution in [2.75, 3.05) is 5.32 Å². The van der Waals surface area contributed by atoms with Crippen molar-refractivity contribution in [3.8, 4) is 0 Å². The Kier molecular flexibility index (Phi) is 6.72. The highest BCUT2D eigenvalue weighted by molar-refractivity contribution is 7.89. The van der Waals surface area contributed by atoms with Gasteiger partial charge in [-0.2, -0.15) is 0 Å². The van der Waals surface area contributed by atoms with Crippen molar-refractivity contribution in [3.05, 3.63) is 65.7 Å². The van der Waals surface area contributed by atoms with Gasteiger partial charge in [-0.3, -0.25) is 9.59 Å². The van der Waals surface area contributed by atoms with Gasteiger partial charge in [-0.1, -0.05) is 25.0 Å². The molecular weight excluding hydrogens is 426 g/mol. The van der Waals surface area contributed by atoms with E-state index < -0.39 is 10.0 Å². The lowest BCUT2D eigenvalue weighted by molar-refractivity contribution is -0.111. The summed E-state index contributed by atoms with van der Waals surface area (Å²) in [4.78, 5) is 24.7. The molecule has 2 aromatic carbocycles. The number of amides is 2. The molecule has 7 nitrogen and oxygen atoms in total. The number of rotatable bonds is 8. The van der Waals surface area contributed by atoms with Gasteiger partial charge in [0, 0.05) is 29.4 Å². The zero-order valence-corrected chi connectivity index (χ0v) is 18.5. The zero-order valence-electron chi connectivity index (χ0n) is 17.7. The van der Waals surface area contributed by atoms with Gasteiger partial charge in [0.05, 0.1) is 4.90 Å². The molecule has 4 rings (SSSR count). The quantitative estimate of drug-likeness (QED) is 0.533. The van der Waals surface area contributed by atoms with Crippen molar-refractivity contribution >= 4 is 33.6 Å². The Bertz CT molecular complexity index is 1100. The Morgan fingerprint density at radius 3 is 2.12 bits per heavy atom. The van der Waals surface area contributed by atoms with E-state index in [0.717, 1.165) is 38.5 Å². The second kappa shape index (κ2) is 9.67. The number of anilines is 1. The summed E-state index contributed by atoms with van der Waals surface area (Å²) in [5.41, 5.74) is 1.87. The monoisotopic (exact) mass is 453 g/mol. The molecule has 3 N–H and O–H groups in total. The van der Waals surface area contributed by atoms with Crippen LogP contribution in [0.5, 0.6) is 0 Å². The smallest absolute Gasteiger partial charge is 0.251 e. The molecule has 2 fully saturated rings. The van der Waals surface area contributed by atoms with E-state index in [1.807, 2.05) is 0 Å². The fraction of sp³-hybridized carbons (Fsp3) is 0.333. The first-order valence-electron chi connectivity index (χ1n) is 10.9. The number of nitrogens with one attached hydrogen (secondary N) is 3. The summed E-state index contributed by atoms with van der Waals surface area (Å²) in [5, 5.41) is 5.79. The molecule has 0 saturated heterocycles. The van der Waals surface area contributed by atoms with E-state index >= 15 is 0 Å². The number of sulfonamides is 1. The molecule has 2 aliphatic rings. The van der Waals surface area contributed by atoms with Gasteiger partial charge in [0.15, 0.2) is 0 Å². The van der Waals surface area contributed by atoms with Crippen LogP contribution in [0.1, 0.15) is 54.4 Å². The number of carbonyl (C=O) groups is 2. The third-order valence-corrected chi connectivity index (χ3v) is 7.16. The van der Waals surface area contributed by atoms with Crippen LogP contribution < -0.4 is 15.4 Å². The van der Waals surface area contributed by atoms with Gasteiger partial charge in [-0.15, -0.1) is 0 Å². The van der Waals surface area contributed by atoms with Gasteiger partial charge in [0.2, 0.25) is 15.9 Å². The minimum atomic E-state index is -3.48. The second-order valence-electron chi connectivity index (χ2n) is 8.32. The summed E-state index contributed by atoms with van der Waals surface area (Å²) < 4.78 is 27.0. The highest BCUT2D eigenvalue weighted by Crippen LogP contribution is 2.22. The van der Waals surface area contributed by atoms with Crippen LogP contribution >= 0.6 is 0 Å². The summed E-state index contributed by atoms with van der Waals surface area (Å²) in [7, 11) is -3.48. The van der Waals surface area contributed by atoms with Gasteiger partial charge >= 0.3 is 0 Å². The number of benzene rings is 2. The van der Waals surface area contributed by atoms with E-state index in [9.17, 15) is 18.0 Å². The molecular formula is C24H27N3O4S. The molecule has 0 radical (unpaired) electrons. The molecule has 0 aliphatic heterocycles. The third kappa shape index (κ3) is 6.05. The summed E-state index contributed by atoms with van der Waals surface area (Å²) in [6.45, 7) is 0. The van der Waals surface area contributed by atoms with Crippen LogP contribution in [-0.2, 0) is 14.8 Å². The van der Waals surface area contributed by atoms with Crippen molar-refractivity contribution in [2.24, 2.45) is 0 Å². The van der Waals surface area contributed by atoms with Crippen LogP contribution in [0, 0.1) is 0 Å². The van der Waals surface area contributed by atoms with Gasteiger partial charge in [-0.25, -0.2) is 13.1 Å². The van der Waals surface area contributed by atoms with Crippen LogP contribution in [-0.4, -0.2) is 32.3 Å². The molecule has 32 heavy (non-hydrogen) atoms. The van der Waals surface area contributed by atoms with Gasteiger partial charge < -0.3 is 10.6 Å². The molecule has 0 unspecified atom stereocenters. The lowest BCUT2D eigenvalue weighted by Gasteiger charge is -2.12. The first-order valence-corrected chi connectivity index (χ1v) is 12.4. The second-order valence-corrected chi connectivity index (χ2v) is 10.0. The van der Waals surface area contributed by atoms with Crippen molar-refractivity contribution in [1.29, 1.82) is 0 Å². The van der Waals surface area contributed by atoms with Crippen LogP contribution in [0.3, 0.4) is 0 Å². The number of hydrogen-bond acceptors (Lipinski definition) is 4. The summed E-state index contributed by atoms with van der Waals surface area (Å²) in [6, 6.07) is 13.5. The Labute approximate surface area is 188 Å². The predicted octanol–water partition coefficient (Wildman–Crippen LogP) is 3.45. The summed E-state index contributed by atoms with van der Waals surface area (Å²) >= 11 is 0. The Balaban J connectivity index is 1.29. The van der Waals surface area contributed by atoms with Crippen molar-refractivity contribution in [3.63, 3.8) is 0 Å². The van der Waals surface area contributed by atoms with Crippen LogP contribution in [0.25, 0.3) is 6.08 Å². The molecule has 2 aliphatic carbocycles.